The predicted molar refractivity (Wildman–Crippen MR) is 123 cm³/mol. The molecule has 1 N–H and O–H groups in total. The van der Waals surface area contributed by atoms with Gasteiger partial charge in [-0.3, -0.25) is 0 Å². The standard InChI is InChI=1S/C23H27N5O4/c1-6-27(7-2)16-8-10-17(11-9-16)28-25-19-12-15(3)18(13-20(19)26-28)24-21(23(30)32-5)14-22(29)31-4/h8-14,24H,6-7H2,1-5H3/b21-14+. The van der Waals surface area contributed by atoms with Crippen LogP contribution in [0.5, 0.6) is 0 Å². The Labute approximate surface area is 186 Å². The van der Waals surface area contributed by atoms with Gasteiger partial charge >= 0.3 is 11.9 Å². The third-order valence-corrected chi connectivity index (χ3v) is 5.07. The minimum Gasteiger partial charge on any atom is -0.466 e. The molecule has 9 heteroatoms. The monoisotopic (exact) mass is 437 g/mol. The van der Waals surface area contributed by atoms with Crippen molar-refractivity contribution in [1.29, 1.82) is 0 Å². The molecule has 3 rings (SSSR count). The Morgan fingerprint density at radius 1 is 1.03 bits per heavy atom. The van der Waals surface area contributed by atoms with E-state index in [1.807, 2.05) is 25.1 Å². The number of hydrogen-bond acceptors (Lipinski definition) is 8. The number of nitrogens with one attached hydrogen (secondary N) is 1. The number of benzene rings is 2. The molecule has 0 unspecified atom stereocenters. The number of hydrogen-bond donors (Lipinski definition) is 1. The van der Waals surface area contributed by atoms with Crippen LogP contribution < -0.4 is 10.2 Å². The van der Waals surface area contributed by atoms with Crippen LogP contribution in [0.25, 0.3) is 16.7 Å². The van der Waals surface area contributed by atoms with Crippen molar-refractivity contribution < 1.29 is 19.1 Å². The number of nitrogens with zero attached hydrogens (tertiary/aromatic N) is 4. The van der Waals surface area contributed by atoms with Crippen molar-refractivity contribution in [3.8, 4) is 5.69 Å². The summed E-state index contributed by atoms with van der Waals surface area (Å²) in [6.45, 7) is 7.99. The van der Waals surface area contributed by atoms with Crippen LogP contribution >= 0.6 is 0 Å². The summed E-state index contributed by atoms with van der Waals surface area (Å²) in [5.41, 5.74) is 4.70. The largest absolute Gasteiger partial charge is 0.466 e. The first-order valence-electron chi connectivity index (χ1n) is 10.3. The third-order valence-electron chi connectivity index (χ3n) is 5.07. The number of rotatable bonds is 8. The first kappa shape index (κ1) is 22.8. The van der Waals surface area contributed by atoms with E-state index in [1.54, 1.807) is 10.9 Å². The Balaban J connectivity index is 1.93. The third kappa shape index (κ3) is 4.88. The molecule has 2 aromatic carbocycles. The van der Waals surface area contributed by atoms with Crippen LogP contribution in [0, 0.1) is 6.92 Å². The zero-order valence-corrected chi connectivity index (χ0v) is 18.9. The lowest BCUT2D eigenvalue weighted by Gasteiger charge is -2.20. The van der Waals surface area contributed by atoms with Gasteiger partial charge in [-0.05, 0) is 62.7 Å². The number of carbonyl (C=O) groups excluding carboxylic acids is 2. The quantitative estimate of drug-likeness (QED) is 0.424. The van der Waals surface area contributed by atoms with Crippen LogP contribution in [-0.2, 0) is 19.1 Å². The molecule has 1 aromatic heterocycles. The summed E-state index contributed by atoms with van der Waals surface area (Å²) >= 11 is 0. The molecule has 0 amide bonds. The molecule has 0 aliphatic carbocycles. The van der Waals surface area contributed by atoms with Crippen molar-refractivity contribution in [2.45, 2.75) is 20.8 Å². The lowest BCUT2D eigenvalue weighted by molar-refractivity contribution is -0.138. The summed E-state index contributed by atoms with van der Waals surface area (Å²) in [5.74, 6) is -1.36. The highest BCUT2D eigenvalue weighted by Gasteiger charge is 2.16. The fourth-order valence-electron chi connectivity index (χ4n) is 3.28. The van der Waals surface area contributed by atoms with Gasteiger partial charge in [0.15, 0.2) is 0 Å². The average molecular weight is 438 g/mol. The van der Waals surface area contributed by atoms with Crippen LogP contribution in [0.3, 0.4) is 0 Å². The molecule has 32 heavy (non-hydrogen) atoms. The summed E-state index contributed by atoms with van der Waals surface area (Å²) < 4.78 is 9.36. The highest BCUT2D eigenvalue weighted by molar-refractivity contribution is 5.99. The first-order valence-corrected chi connectivity index (χ1v) is 10.3. The fourth-order valence-corrected chi connectivity index (χ4v) is 3.28. The molecular weight excluding hydrogens is 410 g/mol. The molecular formula is C23H27N5O4. The molecule has 0 atom stereocenters. The molecule has 1 heterocycles. The summed E-state index contributed by atoms with van der Waals surface area (Å²) in [5, 5.41) is 12.1. The van der Waals surface area contributed by atoms with E-state index >= 15 is 0 Å². The highest BCUT2D eigenvalue weighted by Crippen LogP contribution is 2.24. The normalized spacial score (nSPS) is 11.3. The van der Waals surface area contributed by atoms with Gasteiger partial charge in [-0.25, -0.2) is 9.59 Å². The maximum atomic E-state index is 12.1. The number of ether oxygens (including phenoxy) is 2. The second-order valence-electron chi connectivity index (χ2n) is 7.03. The smallest absolute Gasteiger partial charge is 0.354 e. The second-order valence-corrected chi connectivity index (χ2v) is 7.03. The SMILES string of the molecule is CCN(CC)c1ccc(-n2nc3cc(C)c(N/C(=C/C(=O)OC)C(=O)OC)cc3n2)cc1. The molecule has 0 saturated carbocycles. The van der Waals surface area contributed by atoms with Crippen molar-refractivity contribution in [3.05, 3.63) is 53.7 Å². The summed E-state index contributed by atoms with van der Waals surface area (Å²) in [6.07, 6.45) is 1.05. The van der Waals surface area contributed by atoms with Gasteiger partial charge in [0.05, 0.1) is 26.0 Å². The number of anilines is 2. The molecule has 0 aliphatic rings. The number of methoxy groups -OCH3 is 2. The van der Waals surface area contributed by atoms with Crippen molar-refractivity contribution in [2.24, 2.45) is 0 Å². The van der Waals surface area contributed by atoms with E-state index in [-0.39, 0.29) is 5.70 Å². The van der Waals surface area contributed by atoms with E-state index in [0.29, 0.717) is 16.7 Å². The Bertz CT molecular complexity index is 1150. The number of fused-ring (bicyclic) bond motifs is 1. The van der Waals surface area contributed by atoms with E-state index in [2.05, 4.69) is 51.1 Å². The van der Waals surface area contributed by atoms with Gasteiger partial charge in [0.25, 0.3) is 0 Å². The van der Waals surface area contributed by atoms with Gasteiger partial charge in [0.1, 0.15) is 16.7 Å². The van der Waals surface area contributed by atoms with Crippen LogP contribution in [0.2, 0.25) is 0 Å². The van der Waals surface area contributed by atoms with Gasteiger partial charge in [-0.2, -0.15) is 4.80 Å². The molecule has 0 aliphatic heterocycles. The van der Waals surface area contributed by atoms with Crippen molar-refractivity contribution in [2.75, 3.05) is 37.5 Å². The molecule has 0 saturated heterocycles. The predicted octanol–water partition coefficient (Wildman–Crippen LogP) is 3.22. The van der Waals surface area contributed by atoms with Gasteiger partial charge in [0.2, 0.25) is 0 Å². The number of carbonyl (C=O) groups is 2. The highest BCUT2D eigenvalue weighted by atomic mass is 16.5. The maximum Gasteiger partial charge on any atom is 0.354 e. The number of esters is 2. The number of aryl methyl sites for hydroxylation is 1. The van der Waals surface area contributed by atoms with Gasteiger partial charge in [0, 0.05) is 24.5 Å². The van der Waals surface area contributed by atoms with Crippen LogP contribution in [0.4, 0.5) is 11.4 Å². The van der Waals surface area contributed by atoms with Gasteiger partial charge in [-0.15, -0.1) is 10.2 Å². The average Bonchev–Trinajstić information content (AvgIpc) is 3.22. The van der Waals surface area contributed by atoms with E-state index in [1.165, 1.54) is 14.2 Å². The van der Waals surface area contributed by atoms with Crippen LogP contribution in [-0.4, -0.2) is 54.2 Å². The van der Waals surface area contributed by atoms with E-state index in [4.69, 9.17) is 4.74 Å². The summed E-state index contributed by atoms with van der Waals surface area (Å²) in [4.78, 5) is 27.5. The number of aromatic nitrogens is 3. The molecule has 168 valence electrons. The van der Waals surface area contributed by atoms with E-state index in [9.17, 15) is 9.59 Å². The summed E-state index contributed by atoms with van der Waals surface area (Å²) in [7, 11) is 2.47. The molecule has 0 bridgehead atoms. The fraction of sp³-hybridized carbons (Fsp3) is 0.304. The van der Waals surface area contributed by atoms with Gasteiger partial charge < -0.3 is 19.7 Å². The second kappa shape index (κ2) is 9.95. The van der Waals surface area contributed by atoms with E-state index < -0.39 is 11.9 Å². The molecule has 3 aromatic rings. The minimum absolute atomic E-state index is 0.0406. The molecule has 0 radical (unpaired) electrons. The van der Waals surface area contributed by atoms with Gasteiger partial charge in [-0.1, -0.05) is 0 Å². The lowest BCUT2D eigenvalue weighted by Crippen LogP contribution is -2.21. The van der Waals surface area contributed by atoms with E-state index in [0.717, 1.165) is 36.1 Å². The Morgan fingerprint density at radius 2 is 1.66 bits per heavy atom. The Morgan fingerprint density at radius 3 is 2.22 bits per heavy atom. The molecule has 9 nitrogen and oxygen atoms in total. The molecule has 0 spiro atoms. The van der Waals surface area contributed by atoms with Crippen LogP contribution in [0.1, 0.15) is 19.4 Å². The van der Waals surface area contributed by atoms with Crippen LogP contribution in [0.15, 0.2) is 48.2 Å². The maximum absolute atomic E-state index is 12.1. The topological polar surface area (TPSA) is 98.6 Å². The van der Waals surface area contributed by atoms with Crippen molar-refractivity contribution in [3.63, 3.8) is 0 Å². The molecule has 0 fully saturated rings. The van der Waals surface area contributed by atoms with Crippen molar-refractivity contribution >= 4 is 34.3 Å². The minimum atomic E-state index is -0.688. The zero-order chi connectivity index (χ0) is 23.3. The zero-order valence-electron chi connectivity index (χ0n) is 18.9. The summed E-state index contributed by atoms with van der Waals surface area (Å²) in [6, 6.07) is 11.7. The lowest BCUT2D eigenvalue weighted by atomic mass is 10.1. The first-order chi connectivity index (χ1) is 15.4. The Hall–Kier alpha value is -3.88. The van der Waals surface area contributed by atoms with Crippen molar-refractivity contribution in [1.82, 2.24) is 15.0 Å². The Kier molecular flexibility index (Phi) is 7.09.